The molecule has 0 aliphatic carbocycles. The molecule has 2 heteroatoms. The highest BCUT2D eigenvalue weighted by molar-refractivity contribution is 7.11. The van der Waals surface area contributed by atoms with Crippen LogP contribution in [0.3, 0.4) is 0 Å². The smallest absolute Gasteiger partial charge is 0.0296 e. The van der Waals surface area contributed by atoms with Gasteiger partial charge in [-0.3, -0.25) is 0 Å². The van der Waals surface area contributed by atoms with Crippen molar-refractivity contribution in [1.29, 1.82) is 0 Å². The molecule has 0 spiro atoms. The van der Waals surface area contributed by atoms with E-state index in [9.17, 15) is 0 Å². The lowest BCUT2D eigenvalue weighted by Crippen LogP contribution is -1.94. The second-order valence-electron chi connectivity index (χ2n) is 2.45. The van der Waals surface area contributed by atoms with Gasteiger partial charge in [-0.25, -0.2) is 0 Å². The molecular formula is C9H13NS. The average Bonchev–Trinajstić information content (AvgIpc) is 2.37. The molecule has 11 heavy (non-hydrogen) atoms. The molecule has 0 amide bonds. The van der Waals surface area contributed by atoms with Gasteiger partial charge in [0.15, 0.2) is 0 Å². The van der Waals surface area contributed by atoms with Crippen LogP contribution >= 0.6 is 11.3 Å². The molecule has 60 valence electrons. The van der Waals surface area contributed by atoms with Gasteiger partial charge in [-0.2, -0.15) is 0 Å². The van der Waals surface area contributed by atoms with E-state index in [0.717, 1.165) is 13.0 Å². The SMILES string of the molecule is Cc1ccsc1C=CCCN. The number of hydrogen-bond acceptors (Lipinski definition) is 2. The van der Waals surface area contributed by atoms with E-state index >= 15 is 0 Å². The lowest BCUT2D eigenvalue weighted by Gasteiger charge is -1.88. The molecule has 1 aromatic heterocycles. The van der Waals surface area contributed by atoms with Crippen LogP contribution in [-0.2, 0) is 0 Å². The summed E-state index contributed by atoms with van der Waals surface area (Å²) in [4.78, 5) is 1.35. The number of aryl methyl sites for hydroxylation is 1. The molecule has 0 bridgehead atoms. The van der Waals surface area contributed by atoms with Crippen molar-refractivity contribution in [1.82, 2.24) is 0 Å². The molecule has 1 rings (SSSR count). The molecular weight excluding hydrogens is 154 g/mol. The first kappa shape index (κ1) is 8.50. The molecule has 0 aliphatic heterocycles. The Morgan fingerprint density at radius 1 is 1.64 bits per heavy atom. The standard InChI is InChI=1S/C9H13NS/c1-8-5-7-11-9(8)4-2-3-6-10/h2,4-5,7H,3,6,10H2,1H3. The van der Waals surface area contributed by atoms with Crippen molar-refractivity contribution in [2.45, 2.75) is 13.3 Å². The largest absolute Gasteiger partial charge is 0.330 e. The van der Waals surface area contributed by atoms with E-state index in [-0.39, 0.29) is 0 Å². The highest BCUT2D eigenvalue weighted by atomic mass is 32.1. The second-order valence-corrected chi connectivity index (χ2v) is 3.40. The molecule has 0 aliphatic rings. The molecule has 0 unspecified atom stereocenters. The molecule has 0 saturated carbocycles. The van der Waals surface area contributed by atoms with Crippen LogP contribution in [0.2, 0.25) is 0 Å². The van der Waals surface area contributed by atoms with Gasteiger partial charge in [0.2, 0.25) is 0 Å². The van der Waals surface area contributed by atoms with Gasteiger partial charge in [0.25, 0.3) is 0 Å². The zero-order chi connectivity index (χ0) is 8.10. The quantitative estimate of drug-likeness (QED) is 0.735. The van der Waals surface area contributed by atoms with E-state index in [1.165, 1.54) is 10.4 Å². The fourth-order valence-electron chi connectivity index (χ4n) is 0.842. The summed E-state index contributed by atoms with van der Waals surface area (Å²) in [7, 11) is 0. The summed E-state index contributed by atoms with van der Waals surface area (Å²) in [5.74, 6) is 0. The number of rotatable bonds is 3. The molecule has 0 aromatic carbocycles. The average molecular weight is 167 g/mol. The zero-order valence-corrected chi connectivity index (χ0v) is 7.53. The van der Waals surface area contributed by atoms with E-state index in [1.807, 2.05) is 0 Å². The van der Waals surface area contributed by atoms with Gasteiger partial charge in [0, 0.05) is 4.88 Å². The molecule has 1 heterocycles. The predicted octanol–water partition coefficient (Wildman–Crippen LogP) is 2.42. The molecule has 0 radical (unpaired) electrons. The lowest BCUT2D eigenvalue weighted by atomic mass is 10.2. The van der Waals surface area contributed by atoms with Crippen molar-refractivity contribution in [3.63, 3.8) is 0 Å². The Bertz CT molecular complexity index is 237. The van der Waals surface area contributed by atoms with Gasteiger partial charge < -0.3 is 5.73 Å². The third-order valence-corrected chi connectivity index (χ3v) is 2.49. The second kappa shape index (κ2) is 4.31. The summed E-state index contributed by atoms with van der Waals surface area (Å²) in [6.07, 6.45) is 5.24. The van der Waals surface area contributed by atoms with Gasteiger partial charge in [0.1, 0.15) is 0 Å². The maximum absolute atomic E-state index is 5.36. The third kappa shape index (κ3) is 2.48. The highest BCUT2D eigenvalue weighted by Gasteiger charge is 1.92. The molecule has 0 fully saturated rings. The zero-order valence-electron chi connectivity index (χ0n) is 6.71. The van der Waals surface area contributed by atoms with Gasteiger partial charge in [-0.05, 0) is 43.0 Å². The van der Waals surface area contributed by atoms with Crippen molar-refractivity contribution in [3.8, 4) is 0 Å². The first-order chi connectivity index (χ1) is 5.34. The summed E-state index contributed by atoms with van der Waals surface area (Å²) in [6, 6.07) is 2.13. The Balaban J connectivity index is 2.56. The molecule has 2 N–H and O–H groups in total. The minimum Gasteiger partial charge on any atom is -0.330 e. The van der Waals surface area contributed by atoms with Crippen LogP contribution in [0, 0.1) is 6.92 Å². The highest BCUT2D eigenvalue weighted by Crippen LogP contribution is 2.16. The van der Waals surface area contributed by atoms with E-state index in [4.69, 9.17) is 5.73 Å². The van der Waals surface area contributed by atoms with Crippen molar-refractivity contribution in [3.05, 3.63) is 28.0 Å². The van der Waals surface area contributed by atoms with Crippen molar-refractivity contribution < 1.29 is 0 Å². The Kier molecular flexibility index (Phi) is 3.33. The van der Waals surface area contributed by atoms with Crippen LogP contribution in [0.15, 0.2) is 17.5 Å². The fourth-order valence-corrected chi connectivity index (χ4v) is 1.69. The van der Waals surface area contributed by atoms with E-state index in [0.29, 0.717) is 0 Å². The van der Waals surface area contributed by atoms with Crippen LogP contribution < -0.4 is 5.73 Å². The first-order valence-corrected chi connectivity index (χ1v) is 4.63. The summed E-state index contributed by atoms with van der Waals surface area (Å²) in [6.45, 7) is 2.86. The fraction of sp³-hybridized carbons (Fsp3) is 0.333. The Hall–Kier alpha value is -0.600. The summed E-state index contributed by atoms with van der Waals surface area (Å²) in [5.41, 5.74) is 6.71. The predicted molar refractivity (Wildman–Crippen MR) is 51.8 cm³/mol. The molecule has 1 aromatic rings. The van der Waals surface area contributed by atoms with Crippen molar-refractivity contribution in [2.24, 2.45) is 5.73 Å². The van der Waals surface area contributed by atoms with E-state index in [2.05, 4.69) is 30.5 Å². The van der Waals surface area contributed by atoms with E-state index < -0.39 is 0 Å². The maximum atomic E-state index is 5.36. The molecule has 1 nitrogen and oxygen atoms in total. The summed E-state index contributed by atoms with van der Waals surface area (Å²) < 4.78 is 0. The number of nitrogens with two attached hydrogens (primary N) is 1. The Morgan fingerprint density at radius 2 is 2.45 bits per heavy atom. The topological polar surface area (TPSA) is 26.0 Å². The van der Waals surface area contributed by atoms with Gasteiger partial charge in [-0.15, -0.1) is 11.3 Å². The third-order valence-electron chi connectivity index (χ3n) is 1.50. The van der Waals surface area contributed by atoms with Crippen LogP contribution in [0.5, 0.6) is 0 Å². The molecule has 0 saturated heterocycles. The minimum atomic E-state index is 0.737. The van der Waals surface area contributed by atoms with Gasteiger partial charge in [-0.1, -0.05) is 6.08 Å². The minimum absolute atomic E-state index is 0.737. The summed E-state index contributed by atoms with van der Waals surface area (Å²) >= 11 is 1.77. The van der Waals surface area contributed by atoms with Crippen LogP contribution in [0.4, 0.5) is 0 Å². The van der Waals surface area contributed by atoms with Crippen LogP contribution in [-0.4, -0.2) is 6.54 Å². The monoisotopic (exact) mass is 167 g/mol. The Morgan fingerprint density at radius 3 is 3.00 bits per heavy atom. The Labute approximate surface area is 71.5 Å². The first-order valence-electron chi connectivity index (χ1n) is 3.75. The maximum Gasteiger partial charge on any atom is 0.0296 e. The van der Waals surface area contributed by atoms with Crippen molar-refractivity contribution >= 4 is 17.4 Å². The van der Waals surface area contributed by atoms with Gasteiger partial charge >= 0.3 is 0 Å². The lowest BCUT2D eigenvalue weighted by molar-refractivity contribution is 1.01. The van der Waals surface area contributed by atoms with E-state index in [1.54, 1.807) is 11.3 Å². The summed E-state index contributed by atoms with van der Waals surface area (Å²) in [5, 5.41) is 2.11. The normalized spacial score (nSPS) is 11.1. The number of thiophene rings is 1. The van der Waals surface area contributed by atoms with Crippen molar-refractivity contribution in [2.75, 3.05) is 6.54 Å². The van der Waals surface area contributed by atoms with Crippen LogP contribution in [0.1, 0.15) is 16.9 Å². The van der Waals surface area contributed by atoms with Gasteiger partial charge in [0.05, 0.1) is 0 Å². The van der Waals surface area contributed by atoms with Crippen LogP contribution in [0.25, 0.3) is 6.08 Å². The molecule has 0 atom stereocenters. The number of hydrogen-bond donors (Lipinski definition) is 1.